The molecule has 3 fully saturated rings. The van der Waals surface area contributed by atoms with Gasteiger partial charge in [-0.15, -0.1) is 0 Å². The van der Waals surface area contributed by atoms with Gasteiger partial charge in [-0.3, -0.25) is 9.59 Å². The van der Waals surface area contributed by atoms with E-state index in [1.54, 1.807) is 0 Å². The van der Waals surface area contributed by atoms with Gasteiger partial charge >= 0.3 is 11.9 Å². The summed E-state index contributed by atoms with van der Waals surface area (Å²) >= 11 is 0. The lowest BCUT2D eigenvalue weighted by Crippen LogP contribution is -2.48. The van der Waals surface area contributed by atoms with Crippen molar-refractivity contribution in [3.8, 4) is 0 Å². The molecule has 25 heavy (non-hydrogen) atoms. The lowest BCUT2D eigenvalue weighted by Gasteiger charge is -2.46. The zero-order valence-corrected chi connectivity index (χ0v) is 16.8. The fourth-order valence-corrected chi connectivity index (χ4v) is 5.36. The van der Waals surface area contributed by atoms with E-state index in [0.717, 1.165) is 25.7 Å². The van der Waals surface area contributed by atoms with Crippen molar-refractivity contribution in [2.45, 2.75) is 86.4 Å². The van der Waals surface area contributed by atoms with E-state index in [2.05, 4.69) is 48.5 Å². The van der Waals surface area contributed by atoms with Gasteiger partial charge in [0.1, 0.15) is 12.2 Å². The van der Waals surface area contributed by atoms with Crippen LogP contribution in [-0.2, 0) is 19.1 Å². The van der Waals surface area contributed by atoms with Crippen LogP contribution in [0.3, 0.4) is 0 Å². The van der Waals surface area contributed by atoms with Crippen LogP contribution < -0.4 is 0 Å². The Labute approximate surface area is 152 Å². The molecule has 3 rings (SSSR count). The molecule has 0 amide bonds. The zero-order chi connectivity index (χ0) is 18.8. The minimum Gasteiger partial charge on any atom is -0.458 e. The van der Waals surface area contributed by atoms with E-state index in [0.29, 0.717) is 5.92 Å². The van der Waals surface area contributed by atoms with Gasteiger partial charge in [-0.1, -0.05) is 41.5 Å². The third kappa shape index (κ3) is 2.90. The second kappa shape index (κ2) is 5.72. The summed E-state index contributed by atoms with van der Waals surface area (Å²) in [4.78, 5) is 25.3. The fourth-order valence-electron chi connectivity index (χ4n) is 5.36. The Kier molecular flexibility index (Phi) is 4.28. The summed E-state index contributed by atoms with van der Waals surface area (Å²) in [6.07, 6.45) is 3.02. The molecule has 0 aromatic rings. The Balaban J connectivity index is 1.81. The van der Waals surface area contributed by atoms with Gasteiger partial charge in [-0.2, -0.15) is 0 Å². The number of hydrogen-bond donors (Lipinski definition) is 0. The average Bonchev–Trinajstić information content (AvgIpc) is 3.09. The molecule has 142 valence electrons. The molecule has 2 bridgehead atoms. The first kappa shape index (κ1) is 18.7. The van der Waals surface area contributed by atoms with Crippen LogP contribution in [0.4, 0.5) is 0 Å². The highest BCUT2D eigenvalue weighted by molar-refractivity contribution is 5.79. The van der Waals surface area contributed by atoms with E-state index >= 15 is 0 Å². The van der Waals surface area contributed by atoms with Crippen LogP contribution in [0.15, 0.2) is 0 Å². The van der Waals surface area contributed by atoms with E-state index < -0.39 is 5.41 Å². The van der Waals surface area contributed by atoms with Crippen LogP contribution in [-0.4, -0.2) is 24.1 Å². The number of fused-ring (bicyclic) bond motifs is 1. The van der Waals surface area contributed by atoms with Crippen molar-refractivity contribution in [3.63, 3.8) is 0 Å². The van der Waals surface area contributed by atoms with Crippen molar-refractivity contribution in [3.05, 3.63) is 0 Å². The minimum absolute atomic E-state index is 0.0276. The van der Waals surface area contributed by atoms with E-state index in [1.165, 1.54) is 0 Å². The molecule has 0 radical (unpaired) electrons. The Morgan fingerprint density at radius 3 is 2.36 bits per heavy atom. The highest BCUT2D eigenvalue weighted by Crippen LogP contribution is 2.57. The molecule has 1 saturated heterocycles. The number of carbonyl (C=O) groups excluding carboxylic acids is 2. The van der Waals surface area contributed by atoms with Crippen LogP contribution in [0.5, 0.6) is 0 Å². The Hall–Kier alpha value is -1.06. The topological polar surface area (TPSA) is 52.6 Å². The molecule has 2 aliphatic carbocycles. The Morgan fingerprint density at radius 2 is 1.80 bits per heavy atom. The molecule has 6 unspecified atom stereocenters. The van der Waals surface area contributed by atoms with Crippen molar-refractivity contribution >= 4 is 11.9 Å². The van der Waals surface area contributed by atoms with Crippen LogP contribution in [0.25, 0.3) is 0 Å². The number of ether oxygens (including phenoxy) is 2. The average molecular weight is 350 g/mol. The zero-order valence-electron chi connectivity index (χ0n) is 16.8. The SMILES string of the molecule is CCC(C)(C)C(C)(CC(C)(C)C)C(=O)OC1C2CC3C(=O)OC1C3C2. The number of esters is 2. The molecule has 2 saturated carbocycles. The molecule has 0 aromatic carbocycles. The third-order valence-corrected chi connectivity index (χ3v) is 7.37. The van der Waals surface area contributed by atoms with Crippen molar-refractivity contribution in [2.24, 2.45) is 34.0 Å². The molecular formula is C21H34O4. The molecule has 6 atom stereocenters. The number of rotatable bonds is 5. The molecular weight excluding hydrogens is 316 g/mol. The van der Waals surface area contributed by atoms with E-state index in [1.807, 2.05) is 0 Å². The Bertz CT molecular complexity index is 573. The molecule has 0 aromatic heterocycles. The van der Waals surface area contributed by atoms with Crippen molar-refractivity contribution in [1.29, 1.82) is 0 Å². The fraction of sp³-hybridized carbons (Fsp3) is 0.905. The summed E-state index contributed by atoms with van der Waals surface area (Å²) in [6, 6.07) is 0. The lowest BCUT2D eigenvalue weighted by atomic mass is 9.59. The maximum atomic E-state index is 13.4. The highest BCUT2D eigenvalue weighted by atomic mass is 16.6. The molecule has 1 aliphatic heterocycles. The number of hydrogen-bond acceptors (Lipinski definition) is 4. The summed E-state index contributed by atoms with van der Waals surface area (Å²) in [6.45, 7) is 15.0. The normalized spacial score (nSPS) is 36.3. The van der Waals surface area contributed by atoms with Crippen LogP contribution in [0.1, 0.15) is 74.1 Å². The third-order valence-electron chi connectivity index (χ3n) is 7.37. The summed E-state index contributed by atoms with van der Waals surface area (Å²) in [5.41, 5.74) is -0.701. The number of carbonyl (C=O) groups is 2. The molecule has 1 heterocycles. The summed E-state index contributed by atoms with van der Waals surface area (Å²) in [7, 11) is 0. The first-order chi connectivity index (χ1) is 11.4. The van der Waals surface area contributed by atoms with Gasteiger partial charge in [0.2, 0.25) is 0 Å². The van der Waals surface area contributed by atoms with E-state index in [-0.39, 0.29) is 46.8 Å². The van der Waals surface area contributed by atoms with Gasteiger partial charge in [-0.25, -0.2) is 0 Å². The second-order valence-electron chi connectivity index (χ2n) is 10.6. The maximum absolute atomic E-state index is 13.4. The van der Waals surface area contributed by atoms with Crippen molar-refractivity contribution < 1.29 is 19.1 Å². The minimum atomic E-state index is -0.566. The molecule has 3 aliphatic rings. The van der Waals surface area contributed by atoms with E-state index in [4.69, 9.17) is 9.47 Å². The summed E-state index contributed by atoms with van der Waals surface area (Å²) < 4.78 is 11.7. The van der Waals surface area contributed by atoms with Gasteiger partial charge in [0.25, 0.3) is 0 Å². The van der Waals surface area contributed by atoms with Gasteiger partial charge in [0, 0.05) is 11.8 Å². The molecule has 4 nitrogen and oxygen atoms in total. The van der Waals surface area contributed by atoms with Crippen LogP contribution >= 0.6 is 0 Å². The quantitative estimate of drug-likeness (QED) is 0.691. The van der Waals surface area contributed by atoms with E-state index in [9.17, 15) is 9.59 Å². The van der Waals surface area contributed by atoms with Crippen molar-refractivity contribution in [1.82, 2.24) is 0 Å². The molecule has 0 spiro atoms. The predicted molar refractivity (Wildman–Crippen MR) is 95.7 cm³/mol. The van der Waals surface area contributed by atoms with Gasteiger partial charge in [-0.05, 0) is 43.4 Å². The lowest BCUT2D eigenvalue weighted by molar-refractivity contribution is -0.181. The highest BCUT2D eigenvalue weighted by Gasteiger charge is 2.64. The van der Waals surface area contributed by atoms with Gasteiger partial charge < -0.3 is 9.47 Å². The van der Waals surface area contributed by atoms with Crippen LogP contribution in [0.2, 0.25) is 0 Å². The summed E-state index contributed by atoms with van der Waals surface area (Å²) in [5.74, 6) is 0.411. The first-order valence-corrected chi connectivity index (χ1v) is 9.81. The summed E-state index contributed by atoms with van der Waals surface area (Å²) in [5, 5.41) is 0. The monoisotopic (exact) mass is 350 g/mol. The maximum Gasteiger partial charge on any atom is 0.312 e. The molecule has 0 N–H and O–H groups in total. The Morgan fingerprint density at radius 1 is 1.16 bits per heavy atom. The van der Waals surface area contributed by atoms with Crippen molar-refractivity contribution in [2.75, 3.05) is 0 Å². The predicted octanol–water partition coefficient (Wildman–Crippen LogP) is 4.36. The van der Waals surface area contributed by atoms with Gasteiger partial charge in [0.15, 0.2) is 0 Å². The standard InChI is InChI=1S/C21H34O4/c1-8-20(5,6)21(7,11-19(2,3)4)18(23)25-15-12-9-13-14(10-12)17(22)24-16(13)15/h12-16H,8-11H2,1-7H3. The second-order valence-corrected chi connectivity index (χ2v) is 10.6. The largest absolute Gasteiger partial charge is 0.458 e. The van der Waals surface area contributed by atoms with Crippen LogP contribution in [0, 0.1) is 34.0 Å². The molecule has 4 heteroatoms. The smallest absolute Gasteiger partial charge is 0.312 e. The first-order valence-electron chi connectivity index (χ1n) is 9.81. The van der Waals surface area contributed by atoms with Gasteiger partial charge in [0.05, 0.1) is 11.3 Å².